The normalized spacial score (nSPS) is 10.4. The Balaban J connectivity index is 2.74. The Morgan fingerprint density at radius 2 is 2.06 bits per heavy atom. The molecule has 0 radical (unpaired) electrons. The van der Waals surface area contributed by atoms with Crippen LogP contribution in [0.1, 0.15) is 16.1 Å². The molecule has 0 unspecified atom stereocenters. The van der Waals surface area contributed by atoms with E-state index >= 15 is 0 Å². The first-order valence-corrected chi connectivity index (χ1v) is 4.83. The van der Waals surface area contributed by atoms with E-state index in [9.17, 15) is 4.79 Å². The third-order valence-corrected chi connectivity index (χ3v) is 2.44. The number of hydrogen-bond donors (Lipinski definition) is 0. The van der Waals surface area contributed by atoms with Gasteiger partial charge in [0.15, 0.2) is 11.3 Å². The predicted octanol–water partition coefficient (Wildman–Crippen LogP) is 2.54. The minimum Gasteiger partial charge on any atom is -0.492 e. The Hall–Kier alpha value is -1.97. The van der Waals surface area contributed by atoms with Gasteiger partial charge in [-0.1, -0.05) is 6.07 Å². The first-order chi connectivity index (χ1) is 7.69. The molecule has 0 aliphatic rings. The summed E-state index contributed by atoms with van der Waals surface area (Å²) in [7, 11) is 2.91. The molecule has 1 heterocycles. The van der Waals surface area contributed by atoms with Gasteiger partial charge in [0.2, 0.25) is 0 Å². The minimum atomic E-state index is -0.415. The Kier molecular flexibility index (Phi) is 2.56. The lowest BCUT2D eigenvalue weighted by atomic mass is 10.1. The molecule has 0 N–H and O–H groups in total. The summed E-state index contributed by atoms with van der Waals surface area (Å²) in [5.74, 6) is 0.886. The van der Waals surface area contributed by atoms with Gasteiger partial charge >= 0.3 is 5.97 Å². The van der Waals surface area contributed by atoms with Crippen molar-refractivity contribution in [2.24, 2.45) is 0 Å². The molecule has 0 bridgehead atoms. The number of para-hydroxylation sites is 1. The fraction of sp³-hybridized carbons (Fsp3) is 0.250. The Morgan fingerprint density at radius 1 is 1.31 bits per heavy atom. The quantitative estimate of drug-likeness (QED) is 0.730. The zero-order valence-electron chi connectivity index (χ0n) is 9.37. The van der Waals surface area contributed by atoms with E-state index in [0.29, 0.717) is 22.7 Å². The fourth-order valence-electron chi connectivity index (χ4n) is 1.74. The highest BCUT2D eigenvalue weighted by molar-refractivity contribution is 6.03. The van der Waals surface area contributed by atoms with Crippen LogP contribution in [0, 0.1) is 6.92 Å². The van der Waals surface area contributed by atoms with Gasteiger partial charge in [-0.3, -0.25) is 0 Å². The van der Waals surface area contributed by atoms with Crippen LogP contribution in [0.15, 0.2) is 22.6 Å². The van der Waals surface area contributed by atoms with E-state index in [0.717, 1.165) is 5.39 Å². The fourth-order valence-corrected chi connectivity index (χ4v) is 1.74. The number of hydrogen-bond acceptors (Lipinski definition) is 4. The summed E-state index contributed by atoms with van der Waals surface area (Å²) in [6.07, 6.45) is 0. The molecule has 0 atom stereocenters. The van der Waals surface area contributed by atoms with E-state index in [1.807, 2.05) is 6.07 Å². The van der Waals surface area contributed by atoms with E-state index < -0.39 is 5.97 Å². The molecule has 0 amide bonds. The molecule has 2 rings (SSSR count). The van der Waals surface area contributed by atoms with Crippen molar-refractivity contribution in [3.8, 4) is 5.75 Å². The number of ether oxygens (including phenoxy) is 2. The molecule has 0 aliphatic heterocycles. The van der Waals surface area contributed by atoms with Gasteiger partial charge in [-0.2, -0.15) is 0 Å². The topological polar surface area (TPSA) is 48.7 Å². The minimum absolute atomic E-state index is 0.409. The second-order valence-corrected chi connectivity index (χ2v) is 3.37. The van der Waals surface area contributed by atoms with Gasteiger partial charge in [0.1, 0.15) is 11.3 Å². The van der Waals surface area contributed by atoms with Crippen LogP contribution in [0.25, 0.3) is 11.0 Å². The number of fused-ring (bicyclic) bond motifs is 1. The lowest BCUT2D eigenvalue weighted by Gasteiger charge is -1.99. The lowest BCUT2D eigenvalue weighted by molar-refractivity contribution is 0.0601. The van der Waals surface area contributed by atoms with Gasteiger partial charge in [0, 0.05) is 0 Å². The number of methoxy groups -OCH3 is 2. The van der Waals surface area contributed by atoms with Crippen molar-refractivity contribution in [3.05, 3.63) is 29.5 Å². The van der Waals surface area contributed by atoms with Crippen molar-refractivity contribution in [1.29, 1.82) is 0 Å². The monoisotopic (exact) mass is 220 g/mol. The van der Waals surface area contributed by atoms with E-state index in [1.54, 1.807) is 26.2 Å². The maximum atomic E-state index is 11.5. The summed E-state index contributed by atoms with van der Waals surface area (Å²) in [6.45, 7) is 1.79. The van der Waals surface area contributed by atoms with Crippen molar-refractivity contribution in [1.82, 2.24) is 0 Å². The first-order valence-electron chi connectivity index (χ1n) is 4.83. The number of benzene rings is 1. The number of carbonyl (C=O) groups is 1. The predicted molar refractivity (Wildman–Crippen MR) is 58.8 cm³/mol. The summed E-state index contributed by atoms with van der Waals surface area (Å²) >= 11 is 0. The van der Waals surface area contributed by atoms with E-state index in [4.69, 9.17) is 9.15 Å². The van der Waals surface area contributed by atoms with Crippen molar-refractivity contribution in [3.63, 3.8) is 0 Å². The molecule has 0 spiro atoms. The van der Waals surface area contributed by atoms with Crippen molar-refractivity contribution in [2.45, 2.75) is 6.92 Å². The molecule has 1 aromatic heterocycles. The average molecular weight is 220 g/mol. The molecule has 0 fully saturated rings. The average Bonchev–Trinajstić information content (AvgIpc) is 2.63. The van der Waals surface area contributed by atoms with Crippen LogP contribution in [0.2, 0.25) is 0 Å². The van der Waals surface area contributed by atoms with Crippen LogP contribution in [-0.4, -0.2) is 20.2 Å². The number of carbonyl (C=O) groups excluding carboxylic acids is 1. The maximum absolute atomic E-state index is 11.5. The van der Waals surface area contributed by atoms with E-state index in [-0.39, 0.29) is 0 Å². The zero-order valence-corrected chi connectivity index (χ0v) is 9.37. The van der Waals surface area contributed by atoms with Gasteiger partial charge in [0.05, 0.1) is 19.6 Å². The van der Waals surface area contributed by atoms with Crippen LogP contribution < -0.4 is 4.74 Å². The molecule has 84 valence electrons. The van der Waals surface area contributed by atoms with Gasteiger partial charge in [-0.05, 0) is 19.1 Å². The SMILES string of the molecule is COC(=O)c1cccc2c(OC)c(C)oc12. The second-order valence-electron chi connectivity index (χ2n) is 3.37. The van der Waals surface area contributed by atoms with Crippen LogP contribution in [0.4, 0.5) is 0 Å². The summed E-state index contributed by atoms with van der Waals surface area (Å²) < 4.78 is 15.4. The molecule has 4 heteroatoms. The highest BCUT2D eigenvalue weighted by atomic mass is 16.5. The van der Waals surface area contributed by atoms with Gasteiger partial charge < -0.3 is 13.9 Å². The first kappa shape index (κ1) is 10.5. The Morgan fingerprint density at radius 3 is 2.69 bits per heavy atom. The summed E-state index contributed by atoms with van der Waals surface area (Å²) in [6, 6.07) is 5.28. The van der Waals surface area contributed by atoms with Gasteiger partial charge in [0.25, 0.3) is 0 Å². The lowest BCUT2D eigenvalue weighted by Crippen LogP contribution is -2.00. The van der Waals surface area contributed by atoms with E-state index in [1.165, 1.54) is 7.11 Å². The largest absolute Gasteiger partial charge is 0.492 e. The molecule has 4 nitrogen and oxygen atoms in total. The molecule has 0 saturated heterocycles. The molecular weight excluding hydrogens is 208 g/mol. The highest BCUT2D eigenvalue weighted by Gasteiger charge is 2.18. The standard InChI is InChI=1S/C12H12O4/c1-7-10(14-2)8-5-4-6-9(11(8)16-7)12(13)15-3/h4-6H,1-3H3. The third-order valence-electron chi connectivity index (χ3n) is 2.44. The van der Waals surface area contributed by atoms with Crippen molar-refractivity contribution < 1.29 is 18.7 Å². The molecule has 2 aromatic rings. The molecule has 1 aromatic carbocycles. The summed E-state index contributed by atoms with van der Waals surface area (Å²) in [4.78, 5) is 11.5. The molecule has 16 heavy (non-hydrogen) atoms. The van der Waals surface area contributed by atoms with Crippen LogP contribution in [0.5, 0.6) is 5.75 Å². The third kappa shape index (κ3) is 1.43. The number of rotatable bonds is 2. The Labute approximate surface area is 92.8 Å². The van der Waals surface area contributed by atoms with Crippen molar-refractivity contribution in [2.75, 3.05) is 14.2 Å². The number of esters is 1. The van der Waals surface area contributed by atoms with E-state index in [2.05, 4.69) is 4.74 Å². The molecular formula is C12H12O4. The van der Waals surface area contributed by atoms with Crippen LogP contribution in [-0.2, 0) is 4.74 Å². The Bertz CT molecular complexity index is 539. The van der Waals surface area contributed by atoms with Crippen molar-refractivity contribution >= 4 is 16.9 Å². The number of furan rings is 1. The number of aryl methyl sites for hydroxylation is 1. The molecule has 0 aliphatic carbocycles. The highest BCUT2D eigenvalue weighted by Crippen LogP contribution is 2.34. The van der Waals surface area contributed by atoms with Crippen LogP contribution >= 0.6 is 0 Å². The van der Waals surface area contributed by atoms with Gasteiger partial charge in [-0.15, -0.1) is 0 Å². The van der Waals surface area contributed by atoms with Crippen LogP contribution in [0.3, 0.4) is 0 Å². The second kappa shape index (κ2) is 3.89. The zero-order chi connectivity index (χ0) is 11.7. The summed E-state index contributed by atoms with van der Waals surface area (Å²) in [5, 5.41) is 0.780. The maximum Gasteiger partial charge on any atom is 0.341 e. The summed E-state index contributed by atoms with van der Waals surface area (Å²) in [5.41, 5.74) is 0.912. The molecule has 0 saturated carbocycles. The van der Waals surface area contributed by atoms with Gasteiger partial charge in [-0.25, -0.2) is 4.79 Å². The smallest absolute Gasteiger partial charge is 0.341 e.